The second-order valence-corrected chi connectivity index (χ2v) is 5.08. The van der Waals surface area contributed by atoms with E-state index in [1.54, 1.807) is 13.1 Å². The first-order valence-electron chi connectivity index (χ1n) is 6.48. The largest absolute Gasteiger partial charge is 0.368 e. The number of halogens is 1. The minimum Gasteiger partial charge on any atom is -0.368 e. The summed E-state index contributed by atoms with van der Waals surface area (Å²) in [5, 5.41) is 10.1. The van der Waals surface area contributed by atoms with Crippen LogP contribution in [0.15, 0.2) is 15.2 Å². The quantitative estimate of drug-likeness (QED) is 0.799. The molecule has 7 nitrogen and oxygen atoms in total. The lowest BCUT2D eigenvalue weighted by atomic mass is 10.4. The van der Waals surface area contributed by atoms with Gasteiger partial charge in [-0.25, -0.2) is 4.98 Å². The van der Waals surface area contributed by atoms with Crippen molar-refractivity contribution in [1.29, 1.82) is 0 Å². The minimum absolute atomic E-state index is 0.615. The summed E-state index contributed by atoms with van der Waals surface area (Å²) in [4.78, 5) is 12.7. The Morgan fingerprint density at radius 2 is 2.10 bits per heavy atom. The van der Waals surface area contributed by atoms with E-state index >= 15 is 0 Å². The topological polar surface area (TPSA) is 88.8 Å². The molecule has 20 heavy (non-hydrogen) atoms. The Labute approximate surface area is 125 Å². The maximum atomic E-state index is 5.05. The van der Waals surface area contributed by atoms with Crippen LogP contribution in [-0.2, 0) is 6.42 Å². The van der Waals surface area contributed by atoms with E-state index < -0.39 is 0 Å². The van der Waals surface area contributed by atoms with Gasteiger partial charge in [-0.2, -0.15) is 9.97 Å². The summed E-state index contributed by atoms with van der Waals surface area (Å²) in [6.07, 6.45) is 3.40. The summed E-state index contributed by atoms with van der Waals surface area (Å²) in [5.41, 5.74) is 0. The third kappa shape index (κ3) is 4.16. The van der Waals surface area contributed by atoms with Gasteiger partial charge in [0.15, 0.2) is 5.82 Å². The third-order valence-corrected chi connectivity index (χ3v) is 3.06. The normalized spacial score (nSPS) is 10.6. The summed E-state index contributed by atoms with van der Waals surface area (Å²) >= 11 is 3.42. The number of hydrogen-bond donors (Lipinski definition) is 2. The molecular weight excluding hydrogens is 324 g/mol. The van der Waals surface area contributed by atoms with Crippen LogP contribution < -0.4 is 10.6 Å². The molecule has 2 aromatic rings. The molecule has 8 heteroatoms. The molecule has 0 aromatic carbocycles. The van der Waals surface area contributed by atoms with E-state index in [1.165, 1.54) is 0 Å². The zero-order valence-electron chi connectivity index (χ0n) is 11.5. The fourth-order valence-corrected chi connectivity index (χ4v) is 1.87. The molecule has 0 aliphatic carbocycles. The first kappa shape index (κ1) is 14.7. The van der Waals surface area contributed by atoms with Crippen LogP contribution >= 0.6 is 15.9 Å². The van der Waals surface area contributed by atoms with Gasteiger partial charge in [-0.1, -0.05) is 12.1 Å². The summed E-state index contributed by atoms with van der Waals surface area (Å²) in [5.74, 6) is 2.62. The molecule has 0 saturated heterocycles. The Morgan fingerprint density at radius 1 is 1.25 bits per heavy atom. The lowest BCUT2D eigenvalue weighted by Gasteiger charge is -2.08. The van der Waals surface area contributed by atoms with Gasteiger partial charge in [0.25, 0.3) is 0 Å². The smallest absolute Gasteiger partial charge is 0.228 e. The molecule has 0 unspecified atom stereocenters. The van der Waals surface area contributed by atoms with Gasteiger partial charge in [0, 0.05) is 25.7 Å². The number of rotatable bonds is 7. The van der Waals surface area contributed by atoms with Crippen LogP contribution in [0, 0.1) is 6.92 Å². The van der Waals surface area contributed by atoms with Gasteiger partial charge in [0.2, 0.25) is 11.8 Å². The van der Waals surface area contributed by atoms with Crippen molar-refractivity contribution in [3.63, 3.8) is 0 Å². The monoisotopic (exact) mass is 340 g/mol. The van der Waals surface area contributed by atoms with Crippen molar-refractivity contribution in [2.24, 2.45) is 0 Å². The van der Waals surface area contributed by atoms with E-state index in [0.29, 0.717) is 30.6 Å². The van der Waals surface area contributed by atoms with Crippen molar-refractivity contribution in [1.82, 2.24) is 20.1 Å². The van der Waals surface area contributed by atoms with Crippen molar-refractivity contribution in [2.45, 2.75) is 26.7 Å². The molecule has 2 heterocycles. The summed E-state index contributed by atoms with van der Waals surface area (Å²) in [6, 6.07) is 0. The standard InChI is InChI=1S/C12H17BrN6O/c1-3-5-15-12-16-7-9(13)11(18-12)14-6-4-10-17-8(2)19-20-10/h7H,3-6H2,1-2H3,(H2,14,15,16,18). The van der Waals surface area contributed by atoms with E-state index in [9.17, 15) is 0 Å². The molecule has 108 valence electrons. The summed E-state index contributed by atoms with van der Waals surface area (Å²) in [7, 11) is 0. The molecule has 0 bridgehead atoms. The van der Waals surface area contributed by atoms with Gasteiger partial charge in [0.1, 0.15) is 5.82 Å². The molecule has 0 spiro atoms. The molecule has 0 fully saturated rings. The molecule has 2 N–H and O–H groups in total. The van der Waals surface area contributed by atoms with Gasteiger partial charge in [0.05, 0.1) is 4.47 Å². The fraction of sp³-hybridized carbons (Fsp3) is 0.500. The highest BCUT2D eigenvalue weighted by Crippen LogP contribution is 2.20. The summed E-state index contributed by atoms with van der Waals surface area (Å²) in [6.45, 7) is 5.40. The molecule has 0 aliphatic heterocycles. The molecule has 2 aromatic heterocycles. The van der Waals surface area contributed by atoms with Crippen molar-refractivity contribution >= 4 is 27.7 Å². The van der Waals surface area contributed by atoms with Crippen molar-refractivity contribution in [3.05, 3.63) is 22.4 Å². The predicted octanol–water partition coefficient (Wildman–Crippen LogP) is 2.41. The van der Waals surface area contributed by atoms with E-state index in [-0.39, 0.29) is 0 Å². The van der Waals surface area contributed by atoms with Gasteiger partial charge in [-0.15, -0.1) is 0 Å². The van der Waals surface area contributed by atoms with E-state index in [4.69, 9.17) is 4.52 Å². The molecular formula is C12H17BrN6O. The SMILES string of the molecule is CCCNc1ncc(Br)c(NCCc2nc(C)no2)n1. The number of anilines is 2. The molecule has 2 rings (SSSR count). The maximum Gasteiger partial charge on any atom is 0.228 e. The molecule has 0 saturated carbocycles. The zero-order valence-corrected chi connectivity index (χ0v) is 13.1. The van der Waals surface area contributed by atoms with Crippen molar-refractivity contribution in [2.75, 3.05) is 23.7 Å². The van der Waals surface area contributed by atoms with Crippen molar-refractivity contribution < 1.29 is 4.52 Å². The fourth-order valence-electron chi connectivity index (χ4n) is 1.54. The second-order valence-electron chi connectivity index (χ2n) is 4.23. The first-order valence-corrected chi connectivity index (χ1v) is 7.27. The van der Waals surface area contributed by atoms with Gasteiger partial charge in [-0.05, 0) is 29.3 Å². The average Bonchev–Trinajstić information content (AvgIpc) is 2.85. The molecule has 0 radical (unpaired) electrons. The molecule has 0 aliphatic rings. The highest BCUT2D eigenvalue weighted by molar-refractivity contribution is 9.10. The van der Waals surface area contributed by atoms with Crippen LogP contribution in [-0.4, -0.2) is 33.2 Å². The number of hydrogen-bond acceptors (Lipinski definition) is 7. The van der Waals surface area contributed by atoms with Crippen LogP contribution in [0.25, 0.3) is 0 Å². The Bertz CT molecular complexity index is 559. The Morgan fingerprint density at radius 3 is 2.80 bits per heavy atom. The second kappa shape index (κ2) is 7.18. The molecule has 0 amide bonds. The van der Waals surface area contributed by atoms with Gasteiger partial charge in [-0.3, -0.25) is 0 Å². The first-order chi connectivity index (χ1) is 9.69. The van der Waals surface area contributed by atoms with Crippen molar-refractivity contribution in [3.8, 4) is 0 Å². The number of aryl methyl sites for hydroxylation is 1. The third-order valence-electron chi connectivity index (χ3n) is 2.48. The predicted molar refractivity (Wildman–Crippen MR) is 79.7 cm³/mol. The van der Waals surface area contributed by atoms with Crippen LogP contribution in [0.2, 0.25) is 0 Å². The van der Waals surface area contributed by atoms with E-state index in [2.05, 4.69) is 53.6 Å². The highest BCUT2D eigenvalue weighted by atomic mass is 79.9. The Kier molecular flexibility index (Phi) is 5.28. The van der Waals surface area contributed by atoms with Gasteiger partial charge < -0.3 is 15.2 Å². The Balaban J connectivity index is 1.90. The van der Waals surface area contributed by atoms with Crippen LogP contribution in [0.3, 0.4) is 0 Å². The van der Waals surface area contributed by atoms with Gasteiger partial charge >= 0.3 is 0 Å². The van der Waals surface area contributed by atoms with Crippen LogP contribution in [0.5, 0.6) is 0 Å². The molecule has 0 atom stereocenters. The Hall–Kier alpha value is -1.70. The van der Waals surface area contributed by atoms with E-state index in [1.807, 2.05) is 0 Å². The maximum absolute atomic E-state index is 5.05. The minimum atomic E-state index is 0.615. The number of nitrogens with one attached hydrogen (secondary N) is 2. The zero-order chi connectivity index (χ0) is 14.4. The summed E-state index contributed by atoms with van der Waals surface area (Å²) < 4.78 is 5.87. The number of nitrogens with zero attached hydrogens (tertiary/aromatic N) is 4. The van der Waals surface area contributed by atoms with Crippen LogP contribution in [0.4, 0.5) is 11.8 Å². The average molecular weight is 341 g/mol. The number of aromatic nitrogens is 4. The lowest BCUT2D eigenvalue weighted by Crippen LogP contribution is -2.10. The highest BCUT2D eigenvalue weighted by Gasteiger charge is 2.06. The van der Waals surface area contributed by atoms with E-state index in [0.717, 1.165) is 23.3 Å². The van der Waals surface area contributed by atoms with Crippen LogP contribution in [0.1, 0.15) is 25.1 Å². The lowest BCUT2D eigenvalue weighted by molar-refractivity contribution is 0.377.